The Balaban J connectivity index is 1.41. The first kappa shape index (κ1) is 31.6. The highest BCUT2D eigenvalue weighted by Gasteiger charge is 2.30. The lowest BCUT2D eigenvalue weighted by Crippen LogP contribution is -2.22. The quantitative estimate of drug-likeness (QED) is 0.187. The molecule has 1 amide bonds. The monoisotopic (exact) mass is 551 g/mol. The van der Waals surface area contributed by atoms with Crippen LogP contribution in [0.15, 0.2) is 42.5 Å². The molecule has 39 heavy (non-hydrogen) atoms. The summed E-state index contributed by atoms with van der Waals surface area (Å²) in [6, 6.07) is 14.3. The van der Waals surface area contributed by atoms with Gasteiger partial charge in [0.1, 0.15) is 5.75 Å². The molecule has 0 fully saturated rings. The average molecular weight is 552 g/mol. The number of rotatable bonds is 18. The van der Waals surface area contributed by atoms with E-state index in [2.05, 4.69) is 36.9 Å². The first-order valence-electron chi connectivity index (χ1n) is 15.7. The van der Waals surface area contributed by atoms with Gasteiger partial charge in [-0.1, -0.05) is 89.3 Å². The van der Waals surface area contributed by atoms with Gasteiger partial charge in [-0.2, -0.15) is 11.8 Å². The highest BCUT2D eigenvalue weighted by Crippen LogP contribution is 2.46. The number of amides is 1. The second-order valence-corrected chi connectivity index (χ2v) is 13.0. The molecule has 0 aliphatic heterocycles. The van der Waals surface area contributed by atoms with E-state index >= 15 is 0 Å². The minimum atomic E-state index is 0.0549. The molecule has 1 N–H and O–H groups in total. The van der Waals surface area contributed by atoms with Crippen molar-refractivity contribution in [3.8, 4) is 5.75 Å². The molecular formula is C35H53NO2S. The number of carbonyl (C=O) groups excluding carboxylic acids is 1. The van der Waals surface area contributed by atoms with Crippen LogP contribution in [-0.4, -0.2) is 41.5 Å². The van der Waals surface area contributed by atoms with Crippen molar-refractivity contribution in [1.82, 2.24) is 4.90 Å². The summed E-state index contributed by atoms with van der Waals surface area (Å²) < 4.78 is 0. The third-order valence-corrected chi connectivity index (χ3v) is 9.58. The molecule has 0 saturated carbocycles. The molecular weight excluding hydrogens is 498 g/mol. The Morgan fingerprint density at radius 2 is 1.46 bits per heavy atom. The molecule has 2 unspecified atom stereocenters. The normalized spacial score (nSPS) is 16.7. The van der Waals surface area contributed by atoms with Crippen LogP contribution in [-0.2, 0) is 6.42 Å². The van der Waals surface area contributed by atoms with E-state index in [1.165, 1.54) is 112 Å². The van der Waals surface area contributed by atoms with Crippen molar-refractivity contribution in [2.24, 2.45) is 0 Å². The van der Waals surface area contributed by atoms with Crippen LogP contribution >= 0.6 is 11.8 Å². The topological polar surface area (TPSA) is 40.5 Å². The van der Waals surface area contributed by atoms with Crippen molar-refractivity contribution < 1.29 is 9.90 Å². The molecule has 0 saturated heterocycles. The summed E-state index contributed by atoms with van der Waals surface area (Å²) in [7, 11) is 3.60. The Morgan fingerprint density at radius 1 is 0.846 bits per heavy atom. The number of phenolic OH excluding ortho intramolecular Hbond substituents is 1. The second kappa shape index (κ2) is 17.7. The standard InChI is InChI=1S/C35H53NO2S/c1-4-5-6-14-25-39-26-15-12-10-8-7-9-11-13-16-34-32(23-21-30-27-31(37)22-24-33(30)34)28-17-19-29(20-18-28)35(38)36(2)3/h17-20,22,24,27,32,34,37H,4-16,21,23,25-26H2,1-3H3. The SMILES string of the molecule is CCCCCCSCCCCCCCCCCC1c2ccc(O)cc2CCC1c1ccc(C(=O)N(C)C)cc1. The van der Waals surface area contributed by atoms with Gasteiger partial charge in [0, 0.05) is 19.7 Å². The lowest BCUT2D eigenvalue weighted by Gasteiger charge is -2.34. The van der Waals surface area contributed by atoms with Gasteiger partial charge in [-0.05, 0) is 96.4 Å². The molecule has 216 valence electrons. The summed E-state index contributed by atoms with van der Waals surface area (Å²) in [6.45, 7) is 2.28. The fourth-order valence-corrected chi connectivity index (χ4v) is 7.17. The van der Waals surface area contributed by atoms with Crippen molar-refractivity contribution in [2.75, 3.05) is 25.6 Å². The fraction of sp³-hybridized carbons (Fsp3) is 0.629. The number of aromatic hydroxyl groups is 1. The van der Waals surface area contributed by atoms with Crippen LogP contribution in [0.3, 0.4) is 0 Å². The van der Waals surface area contributed by atoms with Gasteiger partial charge in [0.2, 0.25) is 0 Å². The van der Waals surface area contributed by atoms with Crippen LogP contribution < -0.4 is 0 Å². The zero-order valence-electron chi connectivity index (χ0n) is 24.9. The zero-order chi connectivity index (χ0) is 27.9. The maximum absolute atomic E-state index is 12.4. The van der Waals surface area contributed by atoms with Crippen LogP contribution in [0.5, 0.6) is 5.75 Å². The van der Waals surface area contributed by atoms with Crippen molar-refractivity contribution >= 4 is 17.7 Å². The predicted molar refractivity (Wildman–Crippen MR) is 169 cm³/mol. The third kappa shape index (κ3) is 10.5. The molecule has 0 aromatic heterocycles. The Kier molecular flexibility index (Phi) is 14.3. The van der Waals surface area contributed by atoms with Gasteiger partial charge >= 0.3 is 0 Å². The van der Waals surface area contributed by atoms with Crippen molar-refractivity contribution in [1.29, 1.82) is 0 Å². The predicted octanol–water partition coefficient (Wildman–Crippen LogP) is 9.73. The molecule has 2 aromatic rings. The van der Waals surface area contributed by atoms with E-state index in [1.54, 1.807) is 19.0 Å². The first-order chi connectivity index (χ1) is 19.0. The molecule has 2 atom stereocenters. The van der Waals surface area contributed by atoms with E-state index in [1.807, 2.05) is 24.3 Å². The van der Waals surface area contributed by atoms with Crippen LogP contribution in [0.2, 0.25) is 0 Å². The highest BCUT2D eigenvalue weighted by molar-refractivity contribution is 7.99. The molecule has 2 aromatic carbocycles. The number of fused-ring (bicyclic) bond motifs is 1. The van der Waals surface area contributed by atoms with E-state index < -0.39 is 0 Å². The molecule has 0 heterocycles. The lowest BCUT2D eigenvalue weighted by atomic mass is 9.70. The zero-order valence-corrected chi connectivity index (χ0v) is 25.7. The molecule has 1 aliphatic rings. The Labute approximate surface area is 243 Å². The number of hydrogen-bond acceptors (Lipinski definition) is 3. The van der Waals surface area contributed by atoms with Crippen LogP contribution in [0.4, 0.5) is 0 Å². The van der Waals surface area contributed by atoms with E-state index in [0.29, 0.717) is 17.6 Å². The van der Waals surface area contributed by atoms with Crippen molar-refractivity contribution in [2.45, 2.75) is 115 Å². The van der Waals surface area contributed by atoms with Gasteiger partial charge in [0.15, 0.2) is 0 Å². The number of nitrogens with zero attached hydrogens (tertiary/aromatic N) is 1. The smallest absolute Gasteiger partial charge is 0.253 e. The molecule has 4 heteroatoms. The Bertz CT molecular complexity index is 971. The molecule has 3 rings (SSSR count). The number of unbranched alkanes of at least 4 members (excludes halogenated alkanes) is 10. The van der Waals surface area contributed by atoms with Crippen LogP contribution in [0, 0.1) is 0 Å². The first-order valence-corrected chi connectivity index (χ1v) is 16.9. The van der Waals surface area contributed by atoms with Crippen molar-refractivity contribution in [3.05, 3.63) is 64.7 Å². The molecule has 0 spiro atoms. The number of carbonyl (C=O) groups is 1. The number of benzene rings is 2. The lowest BCUT2D eigenvalue weighted by molar-refractivity contribution is 0.0827. The third-order valence-electron chi connectivity index (χ3n) is 8.42. The van der Waals surface area contributed by atoms with Crippen LogP contribution in [0.1, 0.15) is 136 Å². The minimum Gasteiger partial charge on any atom is -0.508 e. The maximum atomic E-state index is 12.4. The molecule has 3 nitrogen and oxygen atoms in total. The maximum Gasteiger partial charge on any atom is 0.253 e. The highest BCUT2D eigenvalue weighted by atomic mass is 32.2. The summed E-state index contributed by atoms with van der Waals surface area (Å²) in [5.41, 5.74) is 4.83. The van der Waals surface area contributed by atoms with E-state index in [0.717, 1.165) is 18.4 Å². The van der Waals surface area contributed by atoms with E-state index in [-0.39, 0.29) is 5.91 Å². The van der Waals surface area contributed by atoms with E-state index in [4.69, 9.17) is 0 Å². The van der Waals surface area contributed by atoms with Crippen LogP contribution in [0.25, 0.3) is 0 Å². The number of thioether (sulfide) groups is 1. The number of aryl methyl sites for hydroxylation is 1. The summed E-state index contributed by atoms with van der Waals surface area (Å²) in [6.07, 6.45) is 19.7. The summed E-state index contributed by atoms with van der Waals surface area (Å²) in [4.78, 5) is 14.0. The molecule has 1 aliphatic carbocycles. The summed E-state index contributed by atoms with van der Waals surface area (Å²) >= 11 is 2.16. The Morgan fingerprint density at radius 3 is 2.10 bits per heavy atom. The van der Waals surface area contributed by atoms with E-state index in [9.17, 15) is 9.90 Å². The van der Waals surface area contributed by atoms with Gasteiger partial charge in [-0.25, -0.2) is 0 Å². The Hall–Kier alpha value is -1.94. The van der Waals surface area contributed by atoms with Gasteiger partial charge in [-0.15, -0.1) is 0 Å². The average Bonchev–Trinajstić information content (AvgIpc) is 2.94. The minimum absolute atomic E-state index is 0.0549. The number of hydrogen-bond donors (Lipinski definition) is 1. The van der Waals surface area contributed by atoms with Gasteiger partial charge in [-0.3, -0.25) is 4.79 Å². The van der Waals surface area contributed by atoms with Gasteiger partial charge in [0.05, 0.1) is 0 Å². The molecule has 0 radical (unpaired) electrons. The fourth-order valence-electron chi connectivity index (χ4n) is 6.15. The summed E-state index contributed by atoms with van der Waals surface area (Å²) in [5.74, 6) is 4.08. The molecule has 0 bridgehead atoms. The summed E-state index contributed by atoms with van der Waals surface area (Å²) in [5, 5.41) is 10.1. The second-order valence-electron chi connectivity index (χ2n) is 11.7. The largest absolute Gasteiger partial charge is 0.508 e. The van der Waals surface area contributed by atoms with Gasteiger partial charge < -0.3 is 10.0 Å². The van der Waals surface area contributed by atoms with Gasteiger partial charge in [0.25, 0.3) is 5.91 Å². The van der Waals surface area contributed by atoms with Crippen molar-refractivity contribution in [3.63, 3.8) is 0 Å². The number of phenols is 1.